The third-order valence-corrected chi connectivity index (χ3v) is 4.49. The van der Waals surface area contributed by atoms with E-state index >= 15 is 0 Å². The van der Waals surface area contributed by atoms with E-state index in [9.17, 15) is 30.4 Å². The molecule has 0 radical (unpaired) electrons. The quantitative estimate of drug-likeness (QED) is 0.353. The van der Waals surface area contributed by atoms with Crippen LogP contribution in [0.4, 0.5) is 17.1 Å². The monoisotopic (exact) mass is 392 g/mol. The van der Waals surface area contributed by atoms with E-state index in [0.29, 0.717) is 28.0 Å². The number of aromatic hydroxyl groups is 2. The maximum Gasteiger partial charge on any atom is 0.301 e. The van der Waals surface area contributed by atoms with Gasteiger partial charge in [-0.25, -0.2) is 0 Å². The molecule has 0 spiro atoms. The normalized spacial score (nSPS) is 13.0. The summed E-state index contributed by atoms with van der Waals surface area (Å²) in [5.41, 5.74) is 4.26. The molecule has 4 rings (SSSR count). The van der Waals surface area contributed by atoms with Crippen molar-refractivity contribution in [3.63, 3.8) is 0 Å². The van der Waals surface area contributed by atoms with Crippen LogP contribution in [0.2, 0.25) is 0 Å². The van der Waals surface area contributed by atoms with Crippen molar-refractivity contribution >= 4 is 22.8 Å². The lowest BCUT2D eigenvalue weighted by atomic mass is 10.0. The standard InChI is InChI=1S/C19H12N4O6/c24-11-8-14-18(17(25)9-11)12-3-1-2-4-13(12)19(14)21-20-15-6-5-10(22(26)27)7-16(15)23(28)29/h1-9,20,24-25H/b21-19+. The largest absolute Gasteiger partial charge is 0.508 e. The number of rotatable bonds is 4. The van der Waals surface area contributed by atoms with Gasteiger partial charge in [-0.3, -0.25) is 25.7 Å². The number of nitro groups is 2. The molecule has 144 valence electrons. The number of hydrogen-bond acceptors (Lipinski definition) is 8. The molecule has 0 saturated heterocycles. The molecule has 29 heavy (non-hydrogen) atoms. The highest BCUT2D eigenvalue weighted by Gasteiger charge is 2.28. The summed E-state index contributed by atoms with van der Waals surface area (Å²) in [6.07, 6.45) is 0. The van der Waals surface area contributed by atoms with Crippen molar-refractivity contribution in [3.05, 3.63) is 86.0 Å². The number of non-ortho nitro benzene ring substituents is 1. The Bertz CT molecular complexity index is 1220. The Labute approximate surface area is 162 Å². The molecule has 0 fully saturated rings. The fourth-order valence-electron chi connectivity index (χ4n) is 3.25. The Morgan fingerprint density at radius 1 is 0.862 bits per heavy atom. The molecule has 1 aliphatic rings. The molecule has 1 aliphatic carbocycles. The van der Waals surface area contributed by atoms with Crippen molar-refractivity contribution in [3.8, 4) is 22.6 Å². The van der Waals surface area contributed by atoms with Gasteiger partial charge in [-0.2, -0.15) is 5.10 Å². The zero-order valence-electron chi connectivity index (χ0n) is 14.6. The molecule has 10 heteroatoms. The third kappa shape index (κ3) is 2.98. The van der Waals surface area contributed by atoms with E-state index in [0.717, 1.165) is 12.1 Å². The zero-order chi connectivity index (χ0) is 20.7. The van der Waals surface area contributed by atoms with Gasteiger partial charge in [0.2, 0.25) is 0 Å². The fraction of sp³-hybridized carbons (Fsp3) is 0. The molecule has 3 aromatic rings. The lowest BCUT2D eigenvalue weighted by Gasteiger charge is -2.06. The molecule has 0 amide bonds. The Kier molecular flexibility index (Phi) is 4.08. The first kappa shape index (κ1) is 17.9. The van der Waals surface area contributed by atoms with Gasteiger partial charge in [-0.15, -0.1) is 0 Å². The number of nitrogens with zero attached hydrogens (tertiary/aromatic N) is 3. The fourth-order valence-corrected chi connectivity index (χ4v) is 3.25. The van der Waals surface area contributed by atoms with Gasteiger partial charge in [0.25, 0.3) is 5.69 Å². The zero-order valence-corrected chi connectivity index (χ0v) is 14.6. The first-order valence-electron chi connectivity index (χ1n) is 8.29. The summed E-state index contributed by atoms with van der Waals surface area (Å²) in [5, 5.41) is 46.6. The lowest BCUT2D eigenvalue weighted by Crippen LogP contribution is -2.04. The summed E-state index contributed by atoms with van der Waals surface area (Å²) in [6.45, 7) is 0. The molecule has 0 aromatic heterocycles. The van der Waals surface area contributed by atoms with Gasteiger partial charge in [0, 0.05) is 28.8 Å². The van der Waals surface area contributed by atoms with Crippen molar-refractivity contribution in [2.24, 2.45) is 5.10 Å². The minimum absolute atomic E-state index is 0.0385. The Morgan fingerprint density at radius 2 is 1.59 bits per heavy atom. The highest BCUT2D eigenvalue weighted by molar-refractivity contribution is 6.25. The molecular weight excluding hydrogens is 380 g/mol. The molecule has 0 unspecified atom stereocenters. The number of hydrogen-bond donors (Lipinski definition) is 3. The topological polar surface area (TPSA) is 151 Å². The minimum atomic E-state index is -0.746. The molecular formula is C19H12N4O6. The van der Waals surface area contributed by atoms with Crippen LogP contribution in [0.15, 0.2) is 59.7 Å². The maximum absolute atomic E-state index is 11.3. The van der Waals surface area contributed by atoms with E-state index in [1.807, 2.05) is 0 Å². The highest BCUT2D eigenvalue weighted by atomic mass is 16.6. The van der Waals surface area contributed by atoms with E-state index < -0.39 is 21.2 Å². The number of fused-ring (bicyclic) bond motifs is 3. The second kappa shape index (κ2) is 6.60. The van der Waals surface area contributed by atoms with Crippen molar-refractivity contribution in [2.45, 2.75) is 0 Å². The van der Waals surface area contributed by atoms with Crippen LogP contribution in [0.1, 0.15) is 11.1 Å². The van der Waals surface area contributed by atoms with Gasteiger partial charge in [0.1, 0.15) is 17.2 Å². The van der Waals surface area contributed by atoms with Gasteiger partial charge in [0.15, 0.2) is 0 Å². The second-order valence-corrected chi connectivity index (χ2v) is 6.22. The van der Waals surface area contributed by atoms with Gasteiger partial charge in [-0.1, -0.05) is 24.3 Å². The Morgan fingerprint density at radius 3 is 2.28 bits per heavy atom. The van der Waals surface area contributed by atoms with Crippen molar-refractivity contribution in [1.82, 2.24) is 0 Å². The number of anilines is 1. The highest BCUT2D eigenvalue weighted by Crippen LogP contribution is 2.44. The van der Waals surface area contributed by atoms with Gasteiger partial charge >= 0.3 is 5.69 Å². The molecule has 10 nitrogen and oxygen atoms in total. The van der Waals surface area contributed by atoms with Gasteiger partial charge < -0.3 is 10.2 Å². The van der Waals surface area contributed by atoms with E-state index in [4.69, 9.17) is 0 Å². The smallest absolute Gasteiger partial charge is 0.301 e. The molecule has 3 N–H and O–H groups in total. The number of hydrazone groups is 1. The maximum atomic E-state index is 11.3. The summed E-state index contributed by atoms with van der Waals surface area (Å²) in [7, 11) is 0. The first-order chi connectivity index (χ1) is 13.9. The number of phenolic OH excluding ortho intramolecular Hbond substituents is 2. The van der Waals surface area contributed by atoms with Crippen LogP contribution in [-0.4, -0.2) is 25.8 Å². The number of phenols is 2. The van der Waals surface area contributed by atoms with E-state index in [1.54, 1.807) is 24.3 Å². The van der Waals surface area contributed by atoms with Crippen LogP contribution in [0.3, 0.4) is 0 Å². The Hall–Kier alpha value is -4.47. The Balaban J connectivity index is 1.83. The number of nitrogens with one attached hydrogen (secondary N) is 1. The van der Waals surface area contributed by atoms with Crippen LogP contribution in [-0.2, 0) is 0 Å². The van der Waals surface area contributed by atoms with E-state index in [-0.39, 0.29) is 17.2 Å². The van der Waals surface area contributed by atoms with Crippen LogP contribution < -0.4 is 5.43 Å². The van der Waals surface area contributed by atoms with Crippen LogP contribution in [0.5, 0.6) is 11.5 Å². The number of nitro benzene ring substituents is 2. The summed E-state index contributed by atoms with van der Waals surface area (Å²) < 4.78 is 0. The average Bonchev–Trinajstić information content (AvgIpc) is 2.99. The van der Waals surface area contributed by atoms with Crippen LogP contribution in [0, 0.1) is 20.2 Å². The summed E-state index contributed by atoms with van der Waals surface area (Å²) in [4.78, 5) is 20.7. The van der Waals surface area contributed by atoms with E-state index in [1.165, 1.54) is 18.2 Å². The lowest BCUT2D eigenvalue weighted by molar-refractivity contribution is -0.393. The summed E-state index contributed by atoms with van der Waals surface area (Å²) in [5.74, 6) is -0.290. The molecule has 0 heterocycles. The molecule has 0 bridgehead atoms. The van der Waals surface area contributed by atoms with Crippen LogP contribution in [0.25, 0.3) is 11.1 Å². The SMILES string of the molecule is O=[N+]([O-])c1ccc(N/N=C2\c3ccccc3-c3c(O)cc(O)cc32)c([N+](=O)[O-])c1. The second-order valence-electron chi connectivity index (χ2n) is 6.22. The van der Waals surface area contributed by atoms with Crippen molar-refractivity contribution in [1.29, 1.82) is 0 Å². The first-order valence-corrected chi connectivity index (χ1v) is 8.29. The predicted octanol–water partition coefficient (Wildman–Crippen LogP) is 3.76. The molecule has 0 saturated carbocycles. The summed E-state index contributed by atoms with van der Waals surface area (Å²) >= 11 is 0. The van der Waals surface area contributed by atoms with Crippen molar-refractivity contribution < 1.29 is 20.1 Å². The average molecular weight is 392 g/mol. The van der Waals surface area contributed by atoms with E-state index in [2.05, 4.69) is 10.5 Å². The van der Waals surface area contributed by atoms with Gasteiger partial charge in [0.05, 0.1) is 21.6 Å². The molecule has 3 aromatic carbocycles. The number of benzene rings is 3. The third-order valence-electron chi connectivity index (χ3n) is 4.49. The van der Waals surface area contributed by atoms with Gasteiger partial charge in [-0.05, 0) is 17.7 Å². The molecule has 0 aliphatic heterocycles. The van der Waals surface area contributed by atoms with Crippen LogP contribution >= 0.6 is 0 Å². The molecule has 0 atom stereocenters. The van der Waals surface area contributed by atoms with Crippen molar-refractivity contribution in [2.75, 3.05) is 5.43 Å². The summed E-state index contributed by atoms with van der Waals surface area (Å²) in [6, 6.07) is 12.9. The minimum Gasteiger partial charge on any atom is -0.508 e. The predicted molar refractivity (Wildman–Crippen MR) is 104 cm³/mol.